The second kappa shape index (κ2) is 13.3. The molecule has 0 aliphatic rings. The fraction of sp³-hybridized carbons (Fsp3) is 0.833. The van der Waals surface area contributed by atoms with Gasteiger partial charge in [0, 0.05) is 0 Å². The summed E-state index contributed by atoms with van der Waals surface area (Å²) in [6.45, 7) is 12.1. The van der Waals surface area contributed by atoms with E-state index in [2.05, 4.69) is 37.4 Å². The molecule has 22 heavy (non-hydrogen) atoms. The van der Waals surface area contributed by atoms with Gasteiger partial charge in [-0.15, -0.1) is 0 Å². The van der Waals surface area contributed by atoms with Crippen LogP contribution in [0.25, 0.3) is 0 Å². The normalized spacial score (nSPS) is 11.3. The molecule has 1 N–H and O–H groups in total. The fourth-order valence-electron chi connectivity index (χ4n) is 3.10. The summed E-state index contributed by atoms with van der Waals surface area (Å²) in [5.74, 6) is 0. The van der Waals surface area contributed by atoms with Gasteiger partial charge in [-0.1, -0.05) is 0 Å². The molecule has 0 aromatic heterocycles. The van der Waals surface area contributed by atoms with Gasteiger partial charge in [0.2, 0.25) is 0 Å². The predicted octanol–water partition coefficient (Wildman–Crippen LogP) is 5.68. The van der Waals surface area contributed by atoms with Gasteiger partial charge in [-0.2, -0.15) is 0 Å². The van der Waals surface area contributed by atoms with Gasteiger partial charge in [-0.25, -0.2) is 0 Å². The first kappa shape index (κ1) is 21.8. The summed E-state index contributed by atoms with van der Waals surface area (Å²) in [6, 6.07) is 0. The van der Waals surface area contributed by atoms with Gasteiger partial charge in [0.1, 0.15) is 0 Å². The van der Waals surface area contributed by atoms with Crippen molar-refractivity contribution < 1.29 is 9.53 Å². The van der Waals surface area contributed by atoms with E-state index in [1.54, 1.807) is 0 Å². The van der Waals surface area contributed by atoms with Gasteiger partial charge in [0.05, 0.1) is 0 Å². The molecule has 3 nitrogen and oxygen atoms in total. The minimum atomic E-state index is -2.30. The minimum absolute atomic E-state index is 0.329. The summed E-state index contributed by atoms with van der Waals surface area (Å²) in [5, 5.41) is 2.82. The fourth-order valence-corrected chi connectivity index (χ4v) is 19.0. The Morgan fingerprint density at radius 3 is 1.82 bits per heavy atom. The van der Waals surface area contributed by atoms with Gasteiger partial charge < -0.3 is 0 Å². The van der Waals surface area contributed by atoms with E-state index in [-0.39, 0.29) is 6.09 Å². The Hall–Kier alpha value is -0.191. The first-order valence-electron chi connectivity index (χ1n) is 9.06. The molecule has 0 fully saturated rings. The van der Waals surface area contributed by atoms with Crippen LogP contribution in [0.3, 0.4) is 0 Å². The molecule has 0 saturated carbocycles. The van der Waals surface area contributed by atoms with E-state index in [0.29, 0.717) is 6.54 Å². The Labute approximate surface area is 142 Å². The molecule has 0 unspecified atom stereocenters. The standard InChI is InChI=1S/C6H10NO2.3C4H9.Sn/c1-3-4-5-7-6(8)9-2;3*1-3-4-2;/h1,4-5H2,2H3,(H,7,8);3*1,3-4H2,2H3;. The average molecular weight is 418 g/mol. The van der Waals surface area contributed by atoms with E-state index >= 15 is 0 Å². The third kappa shape index (κ3) is 8.44. The Balaban J connectivity index is 4.80. The first-order valence-corrected chi connectivity index (χ1v) is 16.5. The van der Waals surface area contributed by atoms with Crippen LogP contribution in [0.5, 0.6) is 0 Å². The SMILES string of the molecule is C=[C](CCNC(=O)OC)[Sn]([CH2]CCC)([CH2]CCC)[CH2]CCC. The van der Waals surface area contributed by atoms with Crippen molar-refractivity contribution in [1.29, 1.82) is 0 Å². The molecule has 130 valence electrons. The van der Waals surface area contributed by atoms with Crippen molar-refractivity contribution in [3.8, 4) is 0 Å². The number of amides is 1. The molecule has 0 saturated heterocycles. The third-order valence-corrected chi connectivity index (χ3v) is 20.9. The molecule has 0 rings (SSSR count). The zero-order chi connectivity index (χ0) is 16.8. The number of rotatable bonds is 13. The van der Waals surface area contributed by atoms with Crippen molar-refractivity contribution in [2.75, 3.05) is 13.7 Å². The molecule has 0 bridgehead atoms. The number of unbranched alkanes of at least 4 members (excludes halogenated alkanes) is 3. The summed E-state index contributed by atoms with van der Waals surface area (Å²) < 4.78 is 10.5. The Bertz CT molecular complexity index is 296. The summed E-state index contributed by atoms with van der Waals surface area (Å²) >= 11 is -2.30. The van der Waals surface area contributed by atoms with Crippen molar-refractivity contribution in [1.82, 2.24) is 5.32 Å². The predicted molar refractivity (Wildman–Crippen MR) is 99.1 cm³/mol. The maximum atomic E-state index is 11.2. The van der Waals surface area contributed by atoms with Crippen molar-refractivity contribution in [2.45, 2.75) is 79.0 Å². The summed E-state index contributed by atoms with van der Waals surface area (Å²) in [5.41, 5.74) is 0. The maximum absolute atomic E-state index is 11.2. The van der Waals surface area contributed by atoms with Crippen LogP contribution in [0, 0.1) is 0 Å². The number of hydrogen-bond acceptors (Lipinski definition) is 2. The number of carbonyl (C=O) groups is 1. The molecular formula is C18H37NO2Sn. The van der Waals surface area contributed by atoms with Crippen LogP contribution in [-0.4, -0.2) is 38.1 Å². The van der Waals surface area contributed by atoms with Crippen LogP contribution in [0.2, 0.25) is 13.3 Å². The average Bonchev–Trinajstić information content (AvgIpc) is 2.54. The van der Waals surface area contributed by atoms with Crippen LogP contribution < -0.4 is 5.32 Å². The van der Waals surface area contributed by atoms with E-state index < -0.39 is 18.4 Å². The molecule has 0 spiro atoms. The van der Waals surface area contributed by atoms with E-state index in [9.17, 15) is 4.79 Å². The van der Waals surface area contributed by atoms with Crippen molar-refractivity contribution in [3.05, 3.63) is 10.2 Å². The van der Waals surface area contributed by atoms with Crippen LogP contribution in [0.4, 0.5) is 4.79 Å². The quantitative estimate of drug-likeness (QED) is 0.391. The monoisotopic (exact) mass is 419 g/mol. The molecule has 0 radical (unpaired) electrons. The topological polar surface area (TPSA) is 38.3 Å². The van der Waals surface area contributed by atoms with Crippen LogP contribution in [0.15, 0.2) is 10.2 Å². The van der Waals surface area contributed by atoms with E-state index in [1.807, 2.05) is 0 Å². The molecule has 0 aromatic carbocycles. The summed E-state index contributed by atoms with van der Waals surface area (Å²) in [6.07, 6.45) is 8.53. The number of carbonyl (C=O) groups excluding carboxylic acids is 1. The van der Waals surface area contributed by atoms with Gasteiger partial charge >= 0.3 is 142 Å². The Morgan fingerprint density at radius 1 is 1.00 bits per heavy atom. The molecule has 0 aliphatic carbocycles. The number of alkyl carbamates (subject to hydrolysis) is 1. The third-order valence-electron chi connectivity index (χ3n) is 4.66. The second-order valence-electron chi connectivity index (χ2n) is 6.36. The Morgan fingerprint density at radius 2 is 1.45 bits per heavy atom. The summed E-state index contributed by atoms with van der Waals surface area (Å²) in [4.78, 5) is 11.2. The number of hydrogen-bond donors (Lipinski definition) is 1. The zero-order valence-corrected chi connectivity index (χ0v) is 18.2. The molecule has 1 amide bonds. The van der Waals surface area contributed by atoms with E-state index in [1.165, 1.54) is 62.5 Å². The summed E-state index contributed by atoms with van der Waals surface area (Å²) in [7, 11) is 1.41. The zero-order valence-electron chi connectivity index (χ0n) is 15.3. The Kier molecular flexibility index (Phi) is 13.2. The molecule has 0 heterocycles. The molecule has 0 aliphatic heterocycles. The van der Waals surface area contributed by atoms with Crippen molar-refractivity contribution in [3.63, 3.8) is 0 Å². The van der Waals surface area contributed by atoms with Gasteiger partial charge in [0.15, 0.2) is 0 Å². The van der Waals surface area contributed by atoms with E-state index in [0.717, 1.165) is 6.42 Å². The number of nitrogens with one attached hydrogen (secondary N) is 1. The first-order chi connectivity index (χ1) is 10.6. The van der Waals surface area contributed by atoms with Gasteiger partial charge in [-0.3, -0.25) is 0 Å². The van der Waals surface area contributed by atoms with Gasteiger partial charge in [-0.05, 0) is 0 Å². The molecule has 0 aromatic rings. The molecule has 0 atom stereocenters. The van der Waals surface area contributed by atoms with Crippen LogP contribution in [0.1, 0.15) is 65.7 Å². The van der Waals surface area contributed by atoms with Crippen molar-refractivity contribution >= 4 is 24.5 Å². The van der Waals surface area contributed by atoms with Gasteiger partial charge in [0.25, 0.3) is 0 Å². The molecule has 4 heteroatoms. The second-order valence-corrected chi connectivity index (χ2v) is 20.0. The van der Waals surface area contributed by atoms with Crippen LogP contribution in [-0.2, 0) is 4.74 Å². The number of ether oxygens (including phenoxy) is 1. The number of methoxy groups -OCH3 is 1. The van der Waals surface area contributed by atoms with Crippen molar-refractivity contribution in [2.24, 2.45) is 0 Å². The van der Waals surface area contributed by atoms with Crippen LogP contribution >= 0.6 is 0 Å². The molecular weight excluding hydrogens is 381 g/mol. The van der Waals surface area contributed by atoms with E-state index in [4.69, 9.17) is 0 Å².